The normalized spacial score (nSPS) is 10.7. The van der Waals surface area contributed by atoms with Gasteiger partial charge in [0.2, 0.25) is 0 Å². The lowest BCUT2D eigenvalue weighted by Gasteiger charge is -2.11. The van der Waals surface area contributed by atoms with E-state index in [1.807, 2.05) is 43.9 Å². The van der Waals surface area contributed by atoms with Crippen LogP contribution in [0, 0.1) is 0 Å². The van der Waals surface area contributed by atoms with Gasteiger partial charge in [0, 0.05) is 26.0 Å². The number of carbonyl (C=O) groups is 1. The third-order valence-corrected chi connectivity index (χ3v) is 3.22. The van der Waals surface area contributed by atoms with Gasteiger partial charge in [0.05, 0.1) is 16.7 Å². The second-order valence-electron chi connectivity index (χ2n) is 5.18. The van der Waals surface area contributed by atoms with Crippen LogP contribution in [-0.2, 0) is 13.6 Å². The number of nitrogens with zero attached hydrogens (tertiary/aromatic N) is 1. The van der Waals surface area contributed by atoms with E-state index in [4.69, 9.17) is 16.3 Å². The molecule has 1 amide bonds. The van der Waals surface area contributed by atoms with Crippen molar-refractivity contribution < 1.29 is 9.53 Å². The molecule has 2 aromatic rings. The molecule has 0 unspecified atom stereocenters. The van der Waals surface area contributed by atoms with Crippen LogP contribution >= 0.6 is 11.6 Å². The first kappa shape index (κ1) is 15.4. The summed E-state index contributed by atoms with van der Waals surface area (Å²) in [5.74, 6) is 0.467. The van der Waals surface area contributed by atoms with E-state index in [-0.39, 0.29) is 12.0 Å². The summed E-state index contributed by atoms with van der Waals surface area (Å²) in [6.07, 6.45) is 3.97. The quantitative estimate of drug-likeness (QED) is 0.920. The second kappa shape index (κ2) is 6.68. The van der Waals surface area contributed by atoms with Crippen molar-refractivity contribution >= 4 is 17.5 Å². The summed E-state index contributed by atoms with van der Waals surface area (Å²) in [7, 11) is 1.94. The Morgan fingerprint density at radius 2 is 2.14 bits per heavy atom. The number of nitrogens with one attached hydrogen (secondary N) is 1. The molecule has 112 valence electrons. The molecule has 4 nitrogen and oxygen atoms in total. The molecule has 0 aliphatic rings. The highest BCUT2D eigenvalue weighted by Crippen LogP contribution is 2.23. The zero-order valence-corrected chi connectivity index (χ0v) is 13.1. The summed E-state index contributed by atoms with van der Waals surface area (Å²) in [5.41, 5.74) is 1.49. The lowest BCUT2D eigenvalue weighted by molar-refractivity contribution is 0.0951. The molecule has 0 saturated carbocycles. The maximum atomic E-state index is 12.1. The van der Waals surface area contributed by atoms with Crippen molar-refractivity contribution in [1.82, 2.24) is 9.88 Å². The van der Waals surface area contributed by atoms with Crippen LogP contribution in [0.2, 0.25) is 5.02 Å². The van der Waals surface area contributed by atoms with Gasteiger partial charge in [-0.05, 0) is 43.7 Å². The molecule has 1 aromatic carbocycles. The third kappa shape index (κ3) is 4.26. The van der Waals surface area contributed by atoms with Gasteiger partial charge in [-0.1, -0.05) is 11.6 Å². The van der Waals surface area contributed by atoms with Gasteiger partial charge in [-0.15, -0.1) is 0 Å². The van der Waals surface area contributed by atoms with Gasteiger partial charge in [-0.3, -0.25) is 4.79 Å². The first-order valence-corrected chi connectivity index (χ1v) is 7.19. The number of benzene rings is 1. The Morgan fingerprint density at radius 3 is 2.71 bits per heavy atom. The number of ether oxygens (including phenoxy) is 1. The summed E-state index contributed by atoms with van der Waals surface area (Å²) < 4.78 is 7.48. The number of carbonyl (C=O) groups excluding carboxylic acids is 1. The van der Waals surface area contributed by atoms with Crippen molar-refractivity contribution in [3.63, 3.8) is 0 Å². The Morgan fingerprint density at radius 1 is 1.38 bits per heavy atom. The number of hydrogen-bond donors (Lipinski definition) is 1. The maximum Gasteiger partial charge on any atom is 0.253 e. The summed E-state index contributed by atoms with van der Waals surface area (Å²) in [6.45, 7) is 4.35. The summed E-state index contributed by atoms with van der Waals surface area (Å²) in [4.78, 5) is 12.1. The van der Waals surface area contributed by atoms with E-state index < -0.39 is 0 Å². The van der Waals surface area contributed by atoms with Crippen LogP contribution in [0.3, 0.4) is 0 Å². The molecule has 1 N–H and O–H groups in total. The zero-order valence-electron chi connectivity index (χ0n) is 12.4. The van der Waals surface area contributed by atoms with Crippen LogP contribution in [0.5, 0.6) is 5.75 Å². The van der Waals surface area contributed by atoms with Gasteiger partial charge in [0.25, 0.3) is 5.91 Å². The highest BCUT2D eigenvalue weighted by Gasteiger charge is 2.11. The van der Waals surface area contributed by atoms with Gasteiger partial charge in [0.1, 0.15) is 5.75 Å². The Hall–Kier alpha value is -1.94. The van der Waals surface area contributed by atoms with Crippen molar-refractivity contribution in [3.05, 3.63) is 52.8 Å². The minimum absolute atomic E-state index is 0.0684. The number of aromatic nitrogens is 1. The van der Waals surface area contributed by atoms with Crippen LogP contribution in [0.25, 0.3) is 0 Å². The molecule has 0 aliphatic carbocycles. The standard InChI is InChI=1S/C16H19ClN2O2/c1-11(2)21-13-4-5-14(15(17)8-13)16(20)18-9-12-6-7-19(3)10-12/h4-8,10-11H,9H2,1-3H3,(H,18,20). The molecule has 1 aromatic heterocycles. The number of rotatable bonds is 5. The van der Waals surface area contributed by atoms with E-state index in [1.54, 1.807) is 18.2 Å². The smallest absolute Gasteiger partial charge is 0.253 e. The molecular weight excluding hydrogens is 288 g/mol. The molecular formula is C16H19ClN2O2. The van der Waals surface area contributed by atoms with E-state index >= 15 is 0 Å². The molecule has 0 bridgehead atoms. The van der Waals surface area contributed by atoms with E-state index in [1.165, 1.54) is 0 Å². The fourth-order valence-electron chi connectivity index (χ4n) is 1.97. The van der Waals surface area contributed by atoms with Gasteiger partial charge < -0.3 is 14.6 Å². The van der Waals surface area contributed by atoms with E-state index in [2.05, 4.69) is 5.32 Å². The molecule has 0 saturated heterocycles. The largest absolute Gasteiger partial charge is 0.491 e. The van der Waals surface area contributed by atoms with Gasteiger partial charge in [0.15, 0.2) is 0 Å². The highest BCUT2D eigenvalue weighted by atomic mass is 35.5. The van der Waals surface area contributed by atoms with Crippen molar-refractivity contribution in [3.8, 4) is 5.75 Å². The molecule has 21 heavy (non-hydrogen) atoms. The van der Waals surface area contributed by atoms with Crippen LogP contribution in [0.1, 0.15) is 29.8 Å². The molecule has 0 atom stereocenters. The summed E-state index contributed by atoms with van der Waals surface area (Å²) in [6, 6.07) is 7.06. The first-order chi connectivity index (χ1) is 9.95. The van der Waals surface area contributed by atoms with E-state index in [9.17, 15) is 4.79 Å². The predicted octanol–water partition coefficient (Wildman–Crippen LogP) is 3.40. The molecule has 0 radical (unpaired) electrons. The number of halogens is 1. The minimum atomic E-state index is -0.194. The van der Waals surface area contributed by atoms with Crippen LogP contribution < -0.4 is 10.1 Å². The Balaban J connectivity index is 2.02. The summed E-state index contributed by atoms with van der Waals surface area (Å²) >= 11 is 6.15. The molecule has 1 heterocycles. The fraction of sp³-hybridized carbons (Fsp3) is 0.312. The highest BCUT2D eigenvalue weighted by molar-refractivity contribution is 6.34. The van der Waals surface area contributed by atoms with Crippen molar-refractivity contribution in [2.45, 2.75) is 26.5 Å². The van der Waals surface area contributed by atoms with Gasteiger partial charge in [-0.2, -0.15) is 0 Å². The Labute approximate surface area is 129 Å². The van der Waals surface area contributed by atoms with Crippen molar-refractivity contribution in [1.29, 1.82) is 0 Å². The molecule has 5 heteroatoms. The Kier molecular flexibility index (Phi) is 4.91. The topological polar surface area (TPSA) is 43.3 Å². The first-order valence-electron chi connectivity index (χ1n) is 6.81. The van der Waals surface area contributed by atoms with Crippen LogP contribution in [-0.4, -0.2) is 16.6 Å². The third-order valence-electron chi connectivity index (χ3n) is 2.90. The maximum absolute atomic E-state index is 12.1. The Bertz CT molecular complexity index is 635. The van der Waals surface area contributed by atoms with E-state index in [0.29, 0.717) is 22.9 Å². The number of aryl methyl sites for hydroxylation is 1. The predicted molar refractivity (Wildman–Crippen MR) is 83.8 cm³/mol. The number of amides is 1. The molecule has 0 spiro atoms. The fourth-order valence-corrected chi connectivity index (χ4v) is 2.22. The van der Waals surface area contributed by atoms with Crippen molar-refractivity contribution in [2.75, 3.05) is 0 Å². The second-order valence-corrected chi connectivity index (χ2v) is 5.58. The van der Waals surface area contributed by atoms with E-state index in [0.717, 1.165) is 5.56 Å². The molecule has 0 fully saturated rings. The van der Waals surface area contributed by atoms with Crippen LogP contribution in [0.4, 0.5) is 0 Å². The van der Waals surface area contributed by atoms with Gasteiger partial charge in [-0.25, -0.2) is 0 Å². The average Bonchev–Trinajstić information content (AvgIpc) is 2.81. The number of hydrogen-bond acceptors (Lipinski definition) is 2. The molecule has 0 aliphatic heterocycles. The summed E-state index contributed by atoms with van der Waals surface area (Å²) in [5, 5.41) is 3.24. The van der Waals surface area contributed by atoms with Crippen molar-refractivity contribution in [2.24, 2.45) is 7.05 Å². The lowest BCUT2D eigenvalue weighted by atomic mass is 10.2. The SMILES string of the molecule is CC(C)Oc1ccc(C(=O)NCc2ccn(C)c2)c(Cl)c1. The average molecular weight is 307 g/mol. The van der Waals surface area contributed by atoms with Gasteiger partial charge >= 0.3 is 0 Å². The minimum Gasteiger partial charge on any atom is -0.491 e. The lowest BCUT2D eigenvalue weighted by Crippen LogP contribution is -2.23. The molecule has 2 rings (SSSR count). The monoisotopic (exact) mass is 306 g/mol. The zero-order chi connectivity index (χ0) is 15.4. The van der Waals surface area contributed by atoms with Crippen LogP contribution in [0.15, 0.2) is 36.7 Å².